The zero-order chi connectivity index (χ0) is 13.0. The topological polar surface area (TPSA) is 39.1 Å². The molecule has 1 heterocycles. The molecule has 1 aromatic rings. The van der Waals surface area contributed by atoms with Gasteiger partial charge in [-0.3, -0.25) is 5.32 Å². The summed E-state index contributed by atoms with van der Waals surface area (Å²) in [6, 6.07) is 9.24. The normalized spacial score (nSPS) is 19.6. The van der Waals surface area contributed by atoms with Gasteiger partial charge in [-0.25, -0.2) is 0 Å². The minimum absolute atomic E-state index is 0.444. The highest BCUT2D eigenvalue weighted by molar-refractivity contribution is 5.54. The first-order chi connectivity index (χ1) is 8.70. The smallest absolute Gasteiger partial charge is 0.0843 e. The second-order valence-electron chi connectivity index (χ2n) is 5.11. The van der Waals surface area contributed by atoms with Crippen LogP contribution in [0.25, 0.3) is 0 Å². The van der Waals surface area contributed by atoms with Crippen LogP contribution in [-0.4, -0.2) is 25.7 Å². The number of nitrogens with one attached hydrogen (secondary N) is 1. The average molecular weight is 243 g/mol. The van der Waals surface area contributed by atoms with E-state index in [4.69, 9.17) is 5.26 Å². The second-order valence-corrected chi connectivity index (χ2v) is 5.11. The van der Waals surface area contributed by atoms with E-state index in [1.807, 2.05) is 0 Å². The summed E-state index contributed by atoms with van der Waals surface area (Å²) in [5, 5.41) is 11.9. The first kappa shape index (κ1) is 12.9. The molecule has 3 heteroatoms. The Morgan fingerprint density at radius 3 is 3.00 bits per heavy atom. The molecule has 1 unspecified atom stereocenters. The molecule has 1 N–H and O–H groups in total. The van der Waals surface area contributed by atoms with Gasteiger partial charge >= 0.3 is 0 Å². The maximum atomic E-state index is 8.63. The summed E-state index contributed by atoms with van der Waals surface area (Å²) in [6.07, 6.45) is 2.36. The van der Waals surface area contributed by atoms with E-state index in [2.05, 4.69) is 48.3 Å². The molecule has 0 saturated carbocycles. The van der Waals surface area contributed by atoms with Crippen LogP contribution in [0.5, 0.6) is 0 Å². The minimum atomic E-state index is 0.444. The molecule has 0 radical (unpaired) electrons. The maximum Gasteiger partial charge on any atom is 0.0843 e. The van der Waals surface area contributed by atoms with E-state index in [-0.39, 0.29) is 0 Å². The van der Waals surface area contributed by atoms with E-state index < -0.39 is 0 Å². The van der Waals surface area contributed by atoms with Gasteiger partial charge in [-0.1, -0.05) is 17.7 Å². The monoisotopic (exact) mass is 243 g/mol. The Morgan fingerprint density at radius 1 is 1.44 bits per heavy atom. The van der Waals surface area contributed by atoms with Crippen LogP contribution < -0.4 is 10.2 Å². The average Bonchev–Trinajstić information content (AvgIpc) is 2.36. The molecule has 1 aliphatic heterocycles. The van der Waals surface area contributed by atoms with E-state index in [1.165, 1.54) is 29.7 Å². The third kappa shape index (κ3) is 3.02. The van der Waals surface area contributed by atoms with Crippen LogP contribution in [-0.2, 0) is 0 Å². The molecule has 0 aliphatic carbocycles. The van der Waals surface area contributed by atoms with Crippen LogP contribution >= 0.6 is 0 Å². The van der Waals surface area contributed by atoms with Gasteiger partial charge in [0.2, 0.25) is 0 Å². The largest absolute Gasteiger partial charge is 0.370 e. The summed E-state index contributed by atoms with van der Waals surface area (Å²) in [6.45, 7) is 6.88. The zero-order valence-electron chi connectivity index (χ0n) is 11.2. The molecule has 96 valence electrons. The van der Waals surface area contributed by atoms with E-state index in [0.717, 1.165) is 13.1 Å². The van der Waals surface area contributed by atoms with Crippen LogP contribution in [0.4, 0.5) is 5.69 Å². The Kier molecular flexibility index (Phi) is 4.22. The number of hydrogen-bond acceptors (Lipinski definition) is 3. The molecule has 2 rings (SSSR count). The highest BCUT2D eigenvalue weighted by Crippen LogP contribution is 2.24. The Balaban J connectivity index is 2.06. The molecule has 18 heavy (non-hydrogen) atoms. The molecule has 1 aromatic carbocycles. The number of piperidine rings is 1. The fourth-order valence-corrected chi connectivity index (χ4v) is 2.71. The molecule has 1 fully saturated rings. The third-order valence-corrected chi connectivity index (χ3v) is 3.58. The molecular weight excluding hydrogens is 222 g/mol. The molecule has 0 aromatic heterocycles. The summed E-state index contributed by atoms with van der Waals surface area (Å²) in [5.41, 5.74) is 3.99. The molecule has 3 nitrogen and oxygen atoms in total. The summed E-state index contributed by atoms with van der Waals surface area (Å²) in [5.74, 6) is 0. The minimum Gasteiger partial charge on any atom is -0.370 e. The van der Waals surface area contributed by atoms with E-state index >= 15 is 0 Å². The molecule has 0 amide bonds. The predicted octanol–water partition coefficient (Wildman–Crippen LogP) is 2.39. The number of hydrogen-bond donors (Lipinski definition) is 1. The van der Waals surface area contributed by atoms with Crippen LogP contribution in [0.3, 0.4) is 0 Å². The summed E-state index contributed by atoms with van der Waals surface area (Å²) in [7, 11) is 0. The number of rotatable bonds is 3. The fraction of sp³-hybridized carbons (Fsp3) is 0.533. The number of nitrogens with zero attached hydrogens (tertiary/aromatic N) is 2. The van der Waals surface area contributed by atoms with Gasteiger partial charge in [0.25, 0.3) is 0 Å². The molecule has 1 saturated heterocycles. The standard InChI is InChI=1S/C15H21N3/c1-12-5-6-15(13(2)10-12)18-9-3-4-14(11-18)17-8-7-16/h5-6,10,14,17H,3-4,8-9,11H2,1-2H3. The summed E-state index contributed by atoms with van der Waals surface area (Å²) >= 11 is 0. The van der Waals surface area contributed by atoms with Crippen molar-refractivity contribution in [3.63, 3.8) is 0 Å². The first-order valence-electron chi connectivity index (χ1n) is 6.63. The Morgan fingerprint density at radius 2 is 2.28 bits per heavy atom. The Bertz CT molecular complexity index is 448. The molecule has 0 bridgehead atoms. The van der Waals surface area contributed by atoms with Crippen molar-refractivity contribution in [3.8, 4) is 6.07 Å². The number of anilines is 1. The van der Waals surface area contributed by atoms with Crippen molar-refractivity contribution < 1.29 is 0 Å². The number of aryl methyl sites for hydroxylation is 2. The van der Waals surface area contributed by atoms with Gasteiger partial charge in [0.05, 0.1) is 12.6 Å². The van der Waals surface area contributed by atoms with Crippen molar-refractivity contribution >= 4 is 5.69 Å². The quantitative estimate of drug-likeness (QED) is 0.828. The van der Waals surface area contributed by atoms with Crippen LogP contribution in [0.1, 0.15) is 24.0 Å². The Hall–Kier alpha value is -1.53. The molecule has 1 atom stereocenters. The highest BCUT2D eigenvalue weighted by Gasteiger charge is 2.20. The predicted molar refractivity (Wildman–Crippen MR) is 74.8 cm³/mol. The third-order valence-electron chi connectivity index (χ3n) is 3.58. The lowest BCUT2D eigenvalue weighted by atomic mass is 10.0. The lowest BCUT2D eigenvalue weighted by molar-refractivity contribution is 0.439. The van der Waals surface area contributed by atoms with Crippen molar-refractivity contribution in [2.45, 2.75) is 32.7 Å². The van der Waals surface area contributed by atoms with Crippen molar-refractivity contribution in [3.05, 3.63) is 29.3 Å². The van der Waals surface area contributed by atoms with Gasteiger partial charge in [0, 0.05) is 24.8 Å². The van der Waals surface area contributed by atoms with E-state index in [0.29, 0.717) is 12.6 Å². The number of nitriles is 1. The van der Waals surface area contributed by atoms with E-state index in [9.17, 15) is 0 Å². The first-order valence-corrected chi connectivity index (χ1v) is 6.63. The Labute approximate surface area is 109 Å². The van der Waals surface area contributed by atoms with Crippen LogP contribution in [0, 0.1) is 25.2 Å². The second kappa shape index (κ2) is 5.88. The van der Waals surface area contributed by atoms with Gasteiger partial charge in [-0.2, -0.15) is 5.26 Å². The maximum absolute atomic E-state index is 8.63. The van der Waals surface area contributed by atoms with Gasteiger partial charge in [0.1, 0.15) is 0 Å². The SMILES string of the molecule is Cc1ccc(N2CCCC(NCC#N)C2)c(C)c1. The van der Waals surface area contributed by atoms with Gasteiger partial charge in [-0.15, -0.1) is 0 Å². The summed E-state index contributed by atoms with van der Waals surface area (Å²) < 4.78 is 0. The van der Waals surface area contributed by atoms with Crippen molar-refractivity contribution in [1.82, 2.24) is 5.32 Å². The fourth-order valence-electron chi connectivity index (χ4n) is 2.71. The zero-order valence-corrected chi connectivity index (χ0v) is 11.2. The molecule has 0 spiro atoms. The molecular formula is C15H21N3. The lowest BCUT2D eigenvalue weighted by Gasteiger charge is -2.35. The summed E-state index contributed by atoms with van der Waals surface area (Å²) in [4.78, 5) is 2.44. The van der Waals surface area contributed by atoms with Gasteiger partial charge in [-0.05, 0) is 38.3 Å². The van der Waals surface area contributed by atoms with E-state index in [1.54, 1.807) is 0 Å². The van der Waals surface area contributed by atoms with Gasteiger partial charge in [0.15, 0.2) is 0 Å². The lowest BCUT2D eigenvalue weighted by Crippen LogP contribution is -2.46. The van der Waals surface area contributed by atoms with Crippen molar-refractivity contribution in [1.29, 1.82) is 5.26 Å². The van der Waals surface area contributed by atoms with Crippen molar-refractivity contribution in [2.75, 3.05) is 24.5 Å². The highest BCUT2D eigenvalue weighted by atomic mass is 15.2. The van der Waals surface area contributed by atoms with Crippen molar-refractivity contribution in [2.24, 2.45) is 0 Å². The van der Waals surface area contributed by atoms with Gasteiger partial charge < -0.3 is 4.90 Å². The van der Waals surface area contributed by atoms with Crippen LogP contribution in [0.15, 0.2) is 18.2 Å². The van der Waals surface area contributed by atoms with Crippen LogP contribution in [0.2, 0.25) is 0 Å². The molecule has 1 aliphatic rings. The number of benzene rings is 1.